The van der Waals surface area contributed by atoms with Gasteiger partial charge in [-0.1, -0.05) is 48.4 Å². The molecule has 3 heteroatoms. The Hall–Kier alpha value is -1.60. The Kier molecular flexibility index (Phi) is 5.29. The highest BCUT2D eigenvalue weighted by molar-refractivity contribution is 5.14. The molecule has 0 bridgehead atoms. The third kappa shape index (κ3) is 3.78. The molecule has 0 aliphatic carbocycles. The highest BCUT2D eigenvalue weighted by Gasteiger charge is 2.32. The van der Waals surface area contributed by atoms with Crippen molar-refractivity contribution in [2.45, 2.75) is 50.3 Å². The number of fused-ring (bicyclic) bond motifs is 1. The lowest BCUT2D eigenvalue weighted by atomic mass is 10.0. The highest BCUT2D eigenvalue weighted by Crippen LogP contribution is 2.25. The van der Waals surface area contributed by atoms with Gasteiger partial charge in [-0.2, -0.15) is 0 Å². The number of benzene rings is 1. The summed E-state index contributed by atoms with van der Waals surface area (Å²) in [7, 11) is 0. The van der Waals surface area contributed by atoms with Gasteiger partial charge in [-0.15, -0.1) is 6.42 Å². The van der Waals surface area contributed by atoms with E-state index in [4.69, 9.17) is 20.6 Å². The van der Waals surface area contributed by atoms with Crippen molar-refractivity contribution in [3.05, 3.63) is 48.0 Å². The molecule has 1 fully saturated rings. The van der Waals surface area contributed by atoms with Gasteiger partial charge in [0.25, 0.3) is 0 Å². The first kappa shape index (κ1) is 15.3. The van der Waals surface area contributed by atoms with E-state index in [0.717, 1.165) is 31.4 Å². The second-order valence-electron chi connectivity index (χ2n) is 5.74. The predicted octanol–water partition coefficient (Wildman–Crippen LogP) is 3.10. The summed E-state index contributed by atoms with van der Waals surface area (Å²) in [6.07, 6.45) is 12.3. The predicted molar refractivity (Wildman–Crippen MR) is 85.2 cm³/mol. The minimum Gasteiger partial charge on any atom is -0.371 e. The summed E-state index contributed by atoms with van der Waals surface area (Å²) in [5.74, 6) is 2.75. The molecule has 4 atom stereocenters. The lowest BCUT2D eigenvalue weighted by Gasteiger charge is -2.35. The number of hydrogen-bond acceptors (Lipinski definition) is 3. The summed E-state index contributed by atoms with van der Waals surface area (Å²) in [6.45, 7) is 1.34. The summed E-state index contributed by atoms with van der Waals surface area (Å²) in [4.78, 5) is 0. The third-order valence-corrected chi connectivity index (χ3v) is 4.13. The van der Waals surface area contributed by atoms with Crippen LogP contribution in [0.1, 0.15) is 24.8 Å². The largest absolute Gasteiger partial charge is 0.371 e. The van der Waals surface area contributed by atoms with E-state index in [2.05, 4.69) is 30.2 Å². The van der Waals surface area contributed by atoms with Crippen LogP contribution in [0.25, 0.3) is 0 Å². The number of ether oxygens (including phenoxy) is 3. The van der Waals surface area contributed by atoms with Crippen molar-refractivity contribution >= 4 is 0 Å². The molecule has 1 aromatic carbocycles. The summed E-state index contributed by atoms with van der Waals surface area (Å²) < 4.78 is 17.9. The van der Waals surface area contributed by atoms with E-state index < -0.39 is 0 Å². The third-order valence-electron chi connectivity index (χ3n) is 4.13. The van der Waals surface area contributed by atoms with Gasteiger partial charge in [0.1, 0.15) is 12.2 Å². The molecule has 0 unspecified atom stereocenters. The SMILES string of the molecule is C#C[C@H]1O[C@H]2CCCO[C@@H]2/C=C\C[C@@H]1OCc1ccccc1. The van der Waals surface area contributed by atoms with Gasteiger partial charge in [0.15, 0.2) is 0 Å². The molecule has 0 saturated carbocycles. The lowest BCUT2D eigenvalue weighted by molar-refractivity contribution is -0.138. The van der Waals surface area contributed by atoms with Gasteiger partial charge in [0.2, 0.25) is 0 Å². The molecule has 0 N–H and O–H groups in total. The molecule has 0 spiro atoms. The quantitative estimate of drug-likeness (QED) is 0.634. The normalized spacial score (nSPS) is 33.0. The van der Waals surface area contributed by atoms with E-state index in [1.165, 1.54) is 0 Å². The summed E-state index contributed by atoms with van der Waals surface area (Å²) in [5, 5.41) is 0. The van der Waals surface area contributed by atoms with Gasteiger partial charge in [0.05, 0.1) is 18.8 Å². The van der Waals surface area contributed by atoms with Crippen molar-refractivity contribution in [3.8, 4) is 12.3 Å². The van der Waals surface area contributed by atoms with E-state index in [1.807, 2.05) is 18.2 Å². The minimum absolute atomic E-state index is 0.0275. The summed E-state index contributed by atoms with van der Waals surface area (Å²) in [5.41, 5.74) is 1.14. The molecule has 2 heterocycles. The Morgan fingerprint density at radius 1 is 1.27 bits per heavy atom. The maximum Gasteiger partial charge on any atom is 0.144 e. The van der Waals surface area contributed by atoms with Crippen LogP contribution in [0.4, 0.5) is 0 Å². The van der Waals surface area contributed by atoms with Crippen molar-refractivity contribution in [2.24, 2.45) is 0 Å². The van der Waals surface area contributed by atoms with Crippen LogP contribution in [0.15, 0.2) is 42.5 Å². The van der Waals surface area contributed by atoms with Crippen LogP contribution in [0.3, 0.4) is 0 Å². The Labute approximate surface area is 132 Å². The van der Waals surface area contributed by atoms with Gasteiger partial charge in [-0.05, 0) is 24.8 Å². The molecule has 2 aliphatic rings. The van der Waals surface area contributed by atoms with E-state index in [-0.39, 0.29) is 24.4 Å². The van der Waals surface area contributed by atoms with Crippen LogP contribution in [0.5, 0.6) is 0 Å². The van der Waals surface area contributed by atoms with Crippen LogP contribution < -0.4 is 0 Å². The Bertz CT molecular complexity index is 531. The van der Waals surface area contributed by atoms with E-state index in [0.29, 0.717) is 6.61 Å². The molecule has 0 amide bonds. The molecule has 2 aliphatic heterocycles. The van der Waals surface area contributed by atoms with Crippen molar-refractivity contribution in [2.75, 3.05) is 6.61 Å². The monoisotopic (exact) mass is 298 g/mol. The Balaban J connectivity index is 1.66. The van der Waals surface area contributed by atoms with Gasteiger partial charge in [-0.25, -0.2) is 0 Å². The molecule has 3 nitrogen and oxygen atoms in total. The maximum absolute atomic E-state index is 6.11. The van der Waals surface area contributed by atoms with Gasteiger partial charge in [-0.3, -0.25) is 0 Å². The first-order chi connectivity index (χ1) is 10.9. The number of terminal acetylenes is 1. The smallest absolute Gasteiger partial charge is 0.144 e. The van der Waals surface area contributed by atoms with Crippen molar-refractivity contribution in [1.29, 1.82) is 0 Å². The Morgan fingerprint density at radius 3 is 2.95 bits per heavy atom. The van der Waals surface area contributed by atoms with E-state index in [9.17, 15) is 0 Å². The highest BCUT2D eigenvalue weighted by atomic mass is 16.6. The summed E-state index contributed by atoms with van der Waals surface area (Å²) in [6, 6.07) is 10.1. The van der Waals surface area contributed by atoms with Gasteiger partial charge < -0.3 is 14.2 Å². The first-order valence-electron chi connectivity index (χ1n) is 7.92. The zero-order valence-electron chi connectivity index (χ0n) is 12.7. The molecule has 0 radical (unpaired) electrons. The molecule has 116 valence electrons. The fourth-order valence-corrected chi connectivity index (χ4v) is 2.93. The fourth-order valence-electron chi connectivity index (χ4n) is 2.93. The second-order valence-corrected chi connectivity index (χ2v) is 5.74. The molecule has 0 aromatic heterocycles. The van der Waals surface area contributed by atoms with Crippen molar-refractivity contribution in [3.63, 3.8) is 0 Å². The van der Waals surface area contributed by atoms with Gasteiger partial charge in [0, 0.05) is 6.61 Å². The summed E-state index contributed by atoms with van der Waals surface area (Å²) >= 11 is 0. The first-order valence-corrected chi connectivity index (χ1v) is 7.92. The van der Waals surface area contributed by atoms with Crippen LogP contribution in [0.2, 0.25) is 0 Å². The molecular formula is C19H22O3. The fraction of sp³-hybridized carbons (Fsp3) is 0.474. The average Bonchev–Trinajstić information content (AvgIpc) is 2.56. The second kappa shape index (κ2) is 7.60. The lowest BCUT2D eigenvalue weighted by Crippen LogP contribution is -2.42. The van der Waals surface area contributed by atoms with Gasteiger partial charge >= 0.3 is 0 Å². The standard InChI is InChI=1S/C19H22O3/c1-2-16-17(21-14-15-8-4-3-5-9-15)10-6-11-18-19(22-16)12-7-13-20-18/h1,3-6,8-9,11,16-19H,7,10,12-14H2/b11-6-/t16-,17+,18-,19+/m1/s1. The van der Waals surface area contributed by atoms with E-state index >= 15 is 0 Å². The average molecular weight is 298 g/mol. The molecule has 1 saturated heterocycles. The zero-order valence-corrected chi connectivity index (χ0v) is 12.7. The maximum atomic E-state index is 6.11. The molecule has 22 heavy (non-hydrogen) atoms. The number of hydrogen-bond donors (Lipinski definition) is 0. The van der Waals surface area contributed by atoms with Crippen LogP contribution >= 0.6 is 0 Å². The van der Waals surface area contributed by atoms with Crippen LogP contribution in [-0.4, -0.2) is 31.0 Å². The Morgan fingerprint density at radius 2 is 2.14 bits per heavy atom. The minimum atomic E-state index is -0.331. The van der Waals surface area contributed by atoms with Crippen LogP contribution in [-0.2, 0) is 20.8 Å². The molecule has 3 rings (SSSR count). The van der Waals surface area contributed by atoms with E-state index in [1.54, 1.807) is 0 Å². The zero-order chi connectivity index (χ0) is 15.2. The molecular weight excluding hydrogens is 276 g/mol. The van der Waals surface area contributed by atoms with Crippen molar-refractivity contribution in [1.82, 2.24) is 0 Å². The van der Waals surface area contributed by atoms with Crippen molar-refractivity contribution < 1.29 is 14.2 Å². The van der Waals surface area contributed by atoms with Crippen LogP contribution in [0, 0.1) is 12.3 Å². The number of rotatable bonds is 3. The molecule has 1 aromatic rings. The topological polar surface area (TPSA) is 27.7 Å².